The second-order valence-electron chi connectivity index (χ2n) is 7.50. The van der Waals surface area contributed by atoms with Gasteiger partial charge >= 0.3 is 0 Å². The molecule has 8 nitrogen and oxygen atoms in total. The van der Waals surface area contributed by atoms with Gasteiger partial charge < -0.3 is 15.0 Å². The maximum atomic E-state index is 12.9. The number of methoxy groups -OCH3 is 1. The molecule has 1 aliphatic heterocycles. The Balaban J connectivity index is 1.56. The maximum absolute atomic E-state index is 12.9. The number of rotatable bonds is 4. The Morgan fingerprint density at radius 2 is 1.89 bits per heavy atom. The lowest BCUT2D eigenvalue weighted by Gasteiger charge is -2.29. The van der Waals surface area contributed by atoms with Crippen LogP contribution in [0.15, 0.2) is 29.1 Å². The lowest BCUT2D eigenvalue weighted by atomic mass is 9.86. The van der Waals surface area contributed by atoms with E-state index in [1.807, 2.05) is 29.2 Å². The predicted molar refractivity (Wildman–Crippen MR) is 105 cm³/mol. The number of nitrogens with zero attached hydrogens (tertiary/aromatic N) is 4. The highest BCUT2D eigenvalue weighted by Crippen LogP contribution is 2.28. The predicted octanol–water partition coefficient (Wildman–Crippen LogP) is 2.11. The average Bonchev–Trinajstić information content (AvgIpc) is 3.15. The Labute approximate surface area is 163 Å². The first-order valence-corrected chi connectivity index (χ1v) is 9.78. The molecule has 1 fully saturated rings. The van der Waals surface area contributed by atoms with Gasteiger partial charge in [0.25, 0.3) is 11.5 Å². The smallest absolute Gasteiger partial charge is 0.286 e. The topological polar surface area (TPSA) is 89.3 Å². The summed E-state index contributed by atoms with van der Waals surface area (Å²) in [6.45, 7) is 3.20. The fourth-order valence-corrected chi connectivity index (χ4v) is 4.03. The number of carbonyl (C=O) groups is 1. The lowest BCUT2D eigenvalue weighted by molar-refractivity contribution is 0.0901. The molecule has 1 aromatic heterocycles. The third kappa shape index (κ3) is 3.34. The van der Waals surface area contributed by atoms with E-state index in [0.717, 1.165) is 30.7 Å². The molecule has 1 N–H and O–H groups in total. The molecule has 2 aliphatic rings. The van der Waals surface area contributed by atoms with Crippen molar-refractivity contribution in [1.29, 1.82) is 0 Å². The van der Waals surface area contributed by atoms with E-state index in [0.29, 0.717) is 25.0 Å². The number of fused-ring (bicyclic) bond motifs is 1. The zero-order valence-electron chi connectivity index (χ0n) is 16.2. The van der Waals surface area contributed by atoms with Gasteiger partial charge in [0.15, 0.2) is 0 Å². The van der Waals surface area contributed by atoms with Gasteiger partial charge in [0, 0.05) is 24.8 Å². The summed E-state index contributed by atoms with van der Waals surface area (Å²) in [5.41, 5.74) is 0.383. The molecule has 2 heterocycles. The first kappa shape index (κ1) is 18.5. The third-order valence-corrected chi connectivity index (χ3v) is 5.74. The van der Waals surface area contributed by atoms with Crippen LogP contribution < -0.4 is 20.5 Å². The number of carbonyl (C=O) groups excluding carboxylic acids is 1. The molecule has 0 spiro atoms. The average molecular weight is 383 g/mol. The van der Waals surface area contributed by atoms with Crippen LogP contribution in [-0.2, 0) is 6.54 Å². The van der Waals surface area contributed by atoms with Crippen molar-refractivity contribution in [2.75, 3.05) is 18.6 Å². The Morgan fingerprint density at radius 1 is 1.14 bits per heavy atom. The summed E-state index contributed by atoms with van der Waals surface area (Å²) in [4.78, 5) is 27.4. The van der Waals surface area contributed by atoms with E-state index in [1.54, 1.807) is 7.11 Å². The number of amides is 1. The van der Waals surface area contributed by atoms with Crippen molar-refractivity contribution in [1.82, 2.24) is 20.1 Å². The summed E-state index contributed by atoms with van der Waals surface area (Å²) in [6, 6.07) is 7.63. The summed E-state index contributed by atoms with van der Waals surface area (Å²) in [5.74, 6) is 1.20. The molecule has 0 unspecified atom stereocenters. The molecule has 1 amide bonds. The number of aromatic nitrogens is 3. The van der Waals surface area contributed by atoms with Crippen LogP contribution in [0, 0.1) is 5.92 Å². The van der Waals surface area contributed by atoms with Gasteiger partial charge in [-0.1, -0.05) is 19.8 Å². The normalized spacial score (nSPS) is 21.3. The molecule has 0 radical (unpaired) electrons. The van der Waals surface area contributed by atoms with Crippen molar-refractivity contribution in [3.8, 4) is 5.75 Å². The third-order valence-electron chi connectivity index (χ3n) is 5.74. The minimum atomic E-state index is -0.422. The molecule has 1 aliphatic carbocycles. The van der Waals surface area contributed by atoms with Crippen LogP contribution in [0.1, 0.15) is 43.1 Å². The van der Waals surface area contributed by atoms with Crippen LogP contribution in [0.2, 0.25) is 0 Å². The van der Waals surface area contributed by atoms with Crippen LogP contribution in [0.3, 0.4) is 0 Å². The second kappa shape index (κ2) is 7.61. The molecule has 28 heavy (non-hydrogen) atoms. The van der Waals surface area contributed by atoms with Crippen LogP contribution >= 0.6 is 0 Å². The molecular formula is C20H25N5O3. The number of nitrogens with one attached hydrogen (secondary N) is 1. The highest BCUT2D eigenvalue weighted by molar-refractivity contribution is 5.92. The number of hydrogen-bond acceptors (Lipinski definition) is 6. The minimum absolute atomic E-state index is 0.0940. The molecule has 2 atom stereocenters. The van der Waals surface area contributed by atoms with Gasteiger partial charge in [-0.2, -0.15) is 0 Å². The van der Waals surface area contributed by atoms with Gasteiger partial charge in [0.2, 0.25) is 11.6 Å². The fraction of sp³-hybridized carbons (Fsp3) is 0.500. The minimum Gasteiger partial charge on any atom is -0.497 e. The van der Waals surface area contributed by atoms with E-state index in [1.165, 1.54) is 11.0 Å². The van der Waals surface area contributed by atoms with Crippen LogP contribution in [-0.4, -0.2) is 40.4 Å². The molecule has 1 aromatic carbocycles. The molecule has 4 rings (SSSR count). The first-order valence-electron chi connectivity index (χ1n) is 9.78. The quantitative estimate of drug-likeness (QED) is 0.870. The van der Waals surface area contributed by atoms with Crippen molar-refractivity contribution in [2.24, 2.45) is 5.92 Å². The standard InChI is InChI=1S/C20H25N5O3/c1-13-5-3-4-6-16(13)21-18(26)17-19(27)25-12-11-24(20(25)23-22-17)14-7-9-15(28-2)10-8-14/h7-10,13,16H,3-6,11-12H2,1-2H3,(H,21,26)/t13-,16-/m1/s1. The summed E-state index contributed by atoms with van der Waals surface area (Å²) in [5, 5.41) is 11.2. The van der Waals surface area contributed by atoms with Gasteiger partial charge in [-0.25, -0.2) is 0 Å². The number of anilines is 2. The van der Waals surface area contributed by atoms with Crippen LogP contribution in [0.4, 0.5) is 11.6 Å². The van der Waals surface area contributed by atoms with Gasteiger partial charge in [-0.3, -0.25) is 14.2 Å². The SMILES string of the molecule is COc1ccc(N2CCn3c2nnc(C(=O)N[C@@H]2CCCC[C@H]2C)c3=O)cc1. The molecule has 1 saturated carbocycles. The Bertz CT molecular complexity index is 924. The van der Waals surface area contributed by atoms with Gasteiger partial charge in [0.1, 0.15) is 5.75 Å². The van der Waals surface area contributed by atoms with E-state index >= 15 is 0 Å². The zero-order valence-corrected chi connectivity index (χ0v) is 16.2. The van der Waals surface area contributed by atoms with Crippen LogP contribution in [0.25, 0.3) is 0 Å². The van der Waals surface area contributed by atoms with Gasteiger partial charge in [0.05, 0.1) is 7.11 Å². The van der Waals surface area contributed by atoms with Gasteiger partial charge in [-0.15, -0.1) is 10.2 Å². The van der Waals surface area contributed by atoms with Crippen molar-refractivity contribution in [2.45, 2.75) is 45.2 Å². The Kier molecular flexibility index (Phi) is 5.02. The van der Waals surface area contributed by atoms with E-state index in [-0.39, 0.29) is 17.3 Å². The number of ether oxygens (including phenoxy) is 1. The highest BCUT2D eigenvalue weighted by atomic mass is 16.5. The maximum Gasteiger partial charge on any atom is 0.286 e. The molecular weight excluding hydrogens is 358 g/mol. The molecule has 148 valence electrons. The summed E-state index contributed by atoms with van der Waals surface area (Å²) < 4.78 is 6.71. The van der Waals surface area contributed by atoms with E-state index in [2.05, 4.69) is 22.4 Å². The van der Waals surface area contributed by atoms with Crippen molar-refractivity contribution >= 4 is 17.5 Å². The zero-order chi connectivity index (χ0) is 19.7. The second-order valence-corrected chi connectivity index (χ2v) is 7.50. The van der Waals surface area contributed by atoms with Crippen molar-refractivity contribution in [3.63, 3.8) is 0 Å². The van der Waals surface area contributed by atoms with E-state index in [9.17, 15) is 9.59 Å². The highest BCUT2D eigenvalue weighted by Gasteiger charge is 2.29. The Morgan fingerprint density at radius 3 is 2.61 bits per heavy atom. The fourth-order valence-electron chi connectivity index (χ4n) is 4.03. The molecule has 0 bridgehead atoms. The molecule has 0 saturated heterocycles. The Hall–Kier alpha value is -2.90. The van der Waals surface area contributed by atoms with Gasteiger partial charge in [-0.05, 0) is 43.0 Å². The van der Waals surface area contributed by atoms with Crippen molar-refractivity contribution < 1.29 is 9.53 Å². The summed E-state index contributed by atoms with van der Waals surface area (Å²) in [6.07, 6.45) is 4.32. The monoisotopic (exact) mass is 383 g/mol. The molecule has 2 aromatic rings. The lowest BCUT2D eigenvalue weighted by Crippen LogP contribution is -2.44. The number of benzene rings is 1. The first-order chi connectivity index (χ1) is 13.6. The largest absolute Gasteiger partial charge is 0.497 e. The summed E-state index contributed by atoms with van der Waals surface area (Å²) >= 11 is 0. The van der Waals surface area contributed by atoms with Crippen molar-refractivity contribution in [3.05, 3.63) is 40.3 Å². The van der Waals surface area contributed by atoms with E-state index < -0.39 is 5.91 Å². The molecule has 8 heteroatoms. The van der Waals surface area contributed by atoms with Crippen LogP contribution in [0.5, 0.6) is 5.75 Å². The van der Waals surface area contributed by atoms with E-state index in [4.69, 9.17) is 4.74 Å². The summed E-state index contributed by atoms with van der Waals surface area (Å²) in [7, 11) is 1.62. The number of hydrogen-bond donors (Lipinski definition) is 1.